The molecule has 1 aromatic carbocycles. The van der Waals surface area contributed by atoms with Crippen molar-refractivity contribution >= 4 is 40.4 Å². The van der Waals surface area contributed by atoms with Gasteiger partial charge in [-0.05, 0) is 57.1 Å². The molecule has 2 fully saturated rings. The number of anilines is 2. The fraction of sp³-hybridized carbons (Fsp3) is 0.581. The number of amides is 2. The summed E-state index contributed by atoms with van der Waals surface area (Å²) in [5, 5.41) is 17.2. The van der Waals surface area contributed by atoms with E-state index in [-0.39, 0.29) is 48.7 Å². The number of para-hydroxylation sites is 1. The molecule has 3 heterocycles. The molecule has 1 unspecified atom stereocenters. The third kappa shape index (κ3) is 7.67. The molecule has 2 aromatic heterocycles. The van der Waals surface area contributed by atoms with E-state index in [9.17, 15) is 23.2 Å². The quantitative estimate of drug-likeness (QED) is 0.234. The summed E-state index contributed by atoms with van der Waals surface area (Å²) >= 11 is 0. The number of likely N-dealkylation sites (N-methyl/N-ethyl adjacent to an activating group) is 1. The molecule has 1 aliphatic carbocycles. The van der Waals surface area contributed by atoms with E-state index in [1.807, 2.05) is 0 Å². The molecule has 1 aliphatic heterocycles. The maximum Gasteiger partial charge on any atom is 0.284 e. The maximum atomic E-state index is 13.3. The lowest BCUT2D eigenvalue weighted by atomic mass is 9.92. The second-order valence-corrected chi connectivity index (χ2v) is 11.7. The third-order valence-electron chi connectivity index (χ3n) is 8.81. The molecule has 2 amide bonds. The number of nitrogens with one attached hydrogen (secondary N) is 3. The molecule has 1 atom stereocenters. The van der Waals surface area contributed by atoms with Crippen molar-refractivity contribution in [1.29, 1.82) is 0 Å². The zero-order valence-electron chi connectivity index (χ0n) is 25.6. The van der Waals surface area contributed by atoms with Crippen LogP contribution in [0, 0.1) is 0 Å². The van der Waals surface area contributed by atoms with E-state index < -0.39 is 12.3 Å². The van der Waals surface area contributed by atoms with Crippen LogP contribution in [0.4, 0.5) is 20.2 Å². The van der Waals surface area contributed by atoms with Crippen molar-refractivity contribution in [2.45, 2.75) is 82.0 Å². The second-order valence-electron chi connectivity index (χ2n) is 11.7. The predicted octanol–water partition coefficient (Wildman–Crippen LogP) is 4.42. The predicted molar refractivity (Wildman–Crippen MR) is 163 cm³/mol. The summed E-state index contributed by atoms with van der Waals surface area (Å²) in [6.45, 7) is 1.67. The highest BCUT2D eigenvalue weighted by Crippen LogP contribution is 2.35. The summed E-state index contributed by atoms with van der Waals surface area (Å²) in [6, 6.07) is 5.36. The highest BCUT2D eigenvalue weighted by atomic mass is 19.3. The maximum absolute atomic E-state index is 13.3. The van der Waals surface area contributed by atoms with Crippen molar-refractivity contribution in [3.8, 4) is 0 Å². The minimum Gasteiger partial charge on any atom is -0.385 e. The number of halogens is 2. The van der Waals surface area contributed by atoms with Crippen LogP contribution in [0.2, 0.25) is 0 Å². The number of likely N-dealkylation sites (tertiary alicyclic amines) is 1. The van der Waals surface area contributed by atoms with Crippen LogP contribution >= 0.6 is 0 Å². The largest absolute Gasteiger partial charge is 0.385 e. The number of aromatic nitrogens is 3. The molecule has 5 rings (SSSR count). The van der Waals surface area contributed by atoms with Crippen LogP contribution in [0.15, 0.2) is 28.9 Å². The first-order valence-corrected chi connectivity index (χ1v) is 15.6. The van der Waals surface area contributed by atoms with Gasteiger partial charge in [0, 0.05) is 45.2 Å². The first kappa shape index (κ1) is 32.5. The molecule has 0 bridgehead atoms. The van der Waals surface area contributed by atoms with Crippen LogP contribution in [-0.4, -0.2) is 83.9 Å². The molecule has 1 saturated carbocycles. The lowest BCUT2D eigenvalue weighted by Crippen LogP contribution is -2.42. The number of benzene rings is 1. The molecule has 0 spiro atoms. The van der Waals surface area contributed by atoms with Crippen molar-refractivity contribution < 1.29 is 32.4 Å². The Hall–Kier alpha value is -3.91. The van der Waals surface area contributed by atoms with Crippen molar-refractivity contribution in [3.63, 3.8) is 0 Å². The molecular formula is C31H41F2N7O5. The topological polar surface area (TPSA) is 144 Å². The van der Waals surface area contributed by atoms with Gasteiger partial charge in [-0.1, -0.05) is 11.2 Å². The Bertz CT molecular complexity index is 1460. The van der Waals surface area contributed by atoms with Crippen molar-refractivity contribution in [3.05, 3.63) is 35.8 Å². The van der Waals surface area contributed by atoms with Gasteiger partial charge < -0.3 is 30.0 Å². The smallest absolute Gasteiger partial charge is 0.284 e. The van der Waals surface area contributed by atoms with E-state index in [2.05, 4.69) is 31.1 Å². The van der Waals surface area contributed by atoms with E-state index in [1.54, 1.807) is 36.1 Å². The van der Waals surface area contributed by atoms with Crippen LogP contribution in [-0.2, 0) is 19.1 Å². The SMILES string of the molecule is CNC(=O)C(CCC=O)c1noc2c(NC(=O)CN3CCC(OC4CCC(n5cc(NC)c(C(F)F)n5)CC4)CC3)cccc12. The van der Waals surface area contributed by atoms with Crippen molar-refractivity contribution in [1.82, 2.24) is 25.2 Å². The van der Waals surface area contributed by atoms with Crippen LogP contribution in [0.25, 0.3) is 11.0 Å². The number of hydrogen-bond donors (Lipinski definition) is 3. The number of carbonyl (C=O) groups is 3. The third-order valence-corrected chi connectivity index (χ3v) is 8.81. The fourth-order valence-electron chi connectivity index (χ4n) is 6.39. The molecule has 45 heavy (non-hydrogen) atoms. The number of piperidine rings is 1. The van der Waals surface area contributed by atoms with Gasteiger partial charge in [-0.3, -0.25) is 19.2 Å². The Labute approximate surface area is 260 Å². The average Bonchev–Trinajstić information content (AvgIpc) is 3.68. The molecule has 244 valence electrons. The second kappa shape index (κ2) is 14.9. The number of hydrogen-bond acceptors (Lipinski definition) is 9. The number of rotatable bonds is 13. The van der Waals surface area contributed by atoms with E-state index >= 15 is 0 Å². The molecule has 2 aliphatic rings. The van der Waals surface area contributed by atoms with Crippen LogP contribution in [0.5, 0.6) is 0 Å². The summed E-state index contributed by atoms with van der Waals surface area (Å²) in [5.74, 6) is -1.09. The first-order valence-electron chi connectivity index (χ1n) is 15.6. The Kier molecular flexibility index (Phi) is 10.8. The molecule has 3 N–H and O–H groups in total. The van der Waals surface area contributed by atoms with Crippen molar-refractivity contribution in [2.24, 2.45) is 0 Å². The summed E-state index contributed by atoms with van der Waals surface area (Å²) in [7, 11) is 3.15. The molecule has 14 heteroatoms. The van der Waals surface area contributed by atoms with Crippen LogP contribution in [0.1, 0.15) is 81.1 Å². The van der Waals surface area contributed by atoms with Gasteiger partial charge in [0.2, 0.25) is 11.8 Å². The number of carbonyl (C=O) groups excluding carboxylic acids is 3. The average molecular weight is 630 g/mol. The van der Waals surface area contributed by atoms with Gasteiger partial charge in [0.1, 0.15) is 12.0 Å². The highest BCUT2D eigenvalue weighted by Gasteiger charge is 2.30. The normalized spacial score (nSPS) is 20.3. The summed E-state index contributed by atoms with van der Waals surface area (Å²) in [6.07, 6.45) is 5.56. The standard InChI is InChI=1S/C31H41F2N7O5/c1-34-25-17-40(37-28(25)30(32)33)19-8-10-20(11-9-19)44-21-12-14-39(15-13-21)18-26(42)36-24-7-3-5-22-27(38-45-29(22)24)23(6-4-16-41)31(43)35-2/h3,5,7,16-17,19-21,23,30,34H,4,6,8-15,18H2,1-2H3,(H,35,43)(H,36,42). The highest BCUT2D eigenvalue weighted by molar-refractivity contribution is 6.02. The first-order chi connectivity index (χ1) is 21.8. The summed E-state index contributed by atoms with van der Waals surface area (Å²) in [4.78, 5) is 38.5. The van der Waals surface area contributed by atoms with E-state index in [1.165, 1.54) is 7.05 Å². The number of alkyl halides is 2. The van der Waals surface area contributed by atoms with Gasteiger partial charge in [-0.2, -0.15) is 5.10 Å². The van der Waals surface area contributed by atoms with Crippen LogP contribution in [0.3, 0.4) is 0 Å². The van der Waals surface area contributed by atoms with Crippen molar-refractivity contribution in [2.75, 3.05) is 44.4 Å². The van der Waals surface area contributed by atoms with E-state index in [0.717, 1.165) is 57.9 Å². The van der Waals surface area contributed by atoms with Gasteiger partial charge in [0.25, 0.3) is 6.43 Å². The van der Waals surface area contributed by atoms with Gasteiger partial charge >= 0.3 is 0 Å². The number of aldehydes is 1. The molecule has 1 saturated heterocycles. The molecule has 0 radical (unpaired) electrons. The fourth-order valence-corrected chi connectivity index (χ4v) is 6.39. The Morgan fingerprint density at radius 2 is 1.80 bits per heavy atom. The summed E-state index contributed by atoms with van der Waals surface area (Å²) < 4.78 is 40.2. The number of nitrogens with zero attached hydrogens (tertiary/aromatic N) is 4. The lowest BCUT2D eigenvalue weighted by molar-refractivity contribution is -0.122. The monoisotopic (exact) mass is 629 g/mol. The molecular weight excluding hydrogens is 588 g/mol. The van der Waals surface area contributed by atoms with Gasteiger partial charge in [0.15, 0.2) is 11.3 Å². The van der Waals surface area contributed by atoms with Gasteiger partial charge in [-0.25, -0.2) is 8.78 Å². The van der Waals surface area contributed by atoms with E-state index in [0.29, 0.717) is 34.5 Å². The minimum atomic E-state index is -2.61. The number of fused-ring (bicyclic) bond motifs is 1. The molecule has 3 aromatic rings. The van der Waals surface area contributed by atoms with Crippen LogP contribution < -0.4 is 16.0 Å². The lowest BCUT2D eigenvalue weighted by Gasteiger charge is -2.36. The van der Waals surface area contributed by atoms with Gasteiger partial charge in [0.05, 0.1) is 42.1 Å². The Morgan fingerprint density at radius 1 is 1.07 bits per heavy atom. The van der Waals surface area contributed by atoms with Gasteiger partial charge in [-0.15, -0.1) is 0 Å². The Balaban J connectivity index is 1.08. The Morgan fingerprint density at radius 3 is 2.44 bits per heavy atom. The molecule has 12 nitrogen and oxygen atoms in total. The zero-order valence-corrected chi connectivity index (χ0v) is 25.6. The van der Waals surface area contributed by atoms with E-state index in [4.69, 9.17) is 9.26 Å². The zero-order chi connectivity index (χ0) is 31.9. The minimum absolute atomic E-state index is 0.0823. The summed E-state index contributed by atoms with van der Waals surface area (Å²) in [5.41, 5.74) is 1.44. The number of ether oxygens (including phenoxy) is 1.